The van der Waals surface area contributed by atoms with Crippen molar-refractivity contribution in [1.82, 2.24) is 14.8 Å². The predicted molar refractivity (Wildman–Crippen MR) is 104 cm³/mol. The first-order valence-corrected chi connectivity index (χ1v) is 11.1. The number of aromatic nitrogens is 3. The van der Waals surface area contributed by atoms with Crippen LogP contribution < -0.4 is 0 Å². The van der Waals surface area contributed by atoms with Gasteiger partial charge in [0.05, 0.1) is 4.90 Å². The minimum Gasteiger partial charge on any atom is -0.273 e. The van der Waals surface area contributed by atoms with Crippen molar-refractivity contribution in [1.29, 1.82) is 0 Å². The number of aryl methyl sites for hydroxylation is 1. The molecule has 0 aliphatic carbocycles. The van der Waals surface area contributed by atoms with Gasteiger partial charge in [-0.2, -0.15) is 0 Å². The quantitative estimate of drug-likeness (QED) is 0.572. The summed E-state index contributed by atoms with van der Waals surface area (Å²) in [6.45, 7) is 4.03. The van der Waals surface area contributed by atoms with Gasteiger partial charge >= 0.3 is 0 Å². The summed E-state index contributed by atoms with van der Waals surface area (Å²) in [5.41, 5.74) is 1.89. The highest BCUT2D eigenvalue weighted by atomic mass is 32.2. The first kappa shape index (κ1) is 18.7. The predicted octanol–water partition coefficient (Wildman–Crippen LogP) is 4.05. The Morgan fingerprint density at radius 3 is 2.35 bits per heavy atom. The van der Waals surface area contributed by atoms with Gasteiger partial charge in [0.25, 0.3) is 0 Å². The Bertz CT molecular complexity index is 966. The van der Waals surface area contributed by atoms with Crippen LogP contribution in [0.1, 0.15) is 24.7 Å². The number of benzene rings is 2. The molecular weight excluding hydrogens is 366 g/mol. The molecule has 0 amide bonds. The molecule has 0 bridgehead atoms. The average Bonchev–Trinajstić information content (AvgIpc) is 3.02. The van der Waals surface area contributed by atoms with Gasteiger partial charge in [0.15, 0.2) is 20.8 Å². The molecule has 2 aromatic carbocycles. The van der Waals surface area contributed by atoms with Crippen molar-refractivity contribution in [2.75, 3.05) is 5.75 Å². The van der Waals surface area contributed by atoms with Crippen LogP contribution in [0.25, 0.3) is 5.69 Å². The molecule has 0 aliphatic heterocycles. The first-order chi connectivity index (χ1) is 12.5. The minimum atomic E-state index is -3.50. The normalized spacial score (nSPS) is 11.6. The van der Waals surface area contributed by atoms with Crippen molar-refractivity contribution < 1.29 is 8.42 Å². The fraction of sp³-hybridized carbons (Fsp3) is 0.263. The summed E-state index contributed by atoms with van der Waals surface area (Å²) in [5, 5.41) is 9.14. The Morgan fingerprint density at radius 1 is 1.00 bits per heavy atom. The van der Waals surface area contributed by atoms with Crippen molar-refractivity contribution in [3.63, 3.8) is 0 Å². The molecule has 1 heterocycles. The molecule has 3 rings (SSSR count). The molecule has 5 nitrogen and oxygen atoms in total. The van der Waals surface area contributed by atoms with E-state index in [1.54, 1.807) is 36.0 Å². The Hall–Kier alpha value is -2.12. The fourth-order valence-corrected chi connectivity index (χ4v) is 4.59. The SMILES string of the molecule is CCCSc1nnc(CS(=O)(=O)c2ccc(C)cc2)n1-c1ccccc1. The topological polar surface area (TPSA) is 64.8 Å². The summed E-state index contributed by atoms with van der Waals surface area (Å²) in [6, 6.07) is 16.5. The lowest BCUT2D eigenvalue weighted by molar-refractivity contribution is 0.593. The zero-order valence-electron chi connectivity index (χ0n) is 14.8. The summed E-state index contributed by atoms with van der Waals surface area (Å²) in [6.07, 6.45) is 1.00. The van der Waals surface area contributed by atoms with Crippen LogP contribution in [-0.2, 0) is 15.6 Å². The van der Waals surface area contributed by atoms with E-state index in [0.717, 1.165) is 23.4 Å². The highest BCUT2D eigenvalue weighted by Gasteiger charge is 2.22. The van der Waals surface area contributed by atoms with Gasteiger partial charge < -0.3 is 0 Å². The molecule has 26 heavy (non-hydrogen) atoms. The highest BCUT2D eigenvalue weighted by Crippen LogP contribution is 2.25. The third-order valence-corrected chi connectivity index (χ3v) is 6.61. The number of hydrogen-bond acceptors (Lipinski definition) is 5. The maximum Gasteiger partial charge on any atom is 0.195 e. The second-order valence-corrected chi connectivity index (χ2v) is 9.04. The number of nitrogens with zero attached hydrogens (tertiary/aromatic N) is 3. The van der Waals surface area contributed by atoms with Crippen molar-refractivity contribution in [2.24, 2.45) is 0 Å². The van der Waals surface area contributed by atoms with Gasteiger partial charge in [-0.25, -0.2) is 8.42 Å². The minimum absolute atomic E-state index is 0.190. The lowest BCUT2D eigenvalue weighted by Gasteiger charge is -2.10. The van der Waals surface area contributed by atoms with E-state index in [2.05, 4.69) is 17.1 Å². The molecule has 0 radical (unpaired) electrons. The number of sulfone groups is 1. The smallest absolute Gasteiger partial charge is 0.195 e. The zero-order chi connectivity index (χ0) is 18.6. The van der Waals surface area contributed by atoms with Crippen molar-refractivity contribution >= 4 is 21.6 Å². The molecule has 0 spiro atoms. The van der Waals surface area contributed by atoms with Gasteiger partial charge in [-0.1, -0.05) is 54.6 Å². The van der Waals surface area contributed by atoms with Crippen LogP contribution in [0.15, 0.2) is 64.6 Å². The average molecular weight is 388 g/mol. The van der Waals surface area contributed by atoms with Crippen molar-refractivity contribution in [3.05, 3.63) is 66.0 Å². The van der Waals surface area contributed by atoms with Crippen LogP contribution in [-0.4, -0.2) is 28.9 Å². The Labute approximate surface area is 158 Å². The van der Waals surface area contributed by atoms with E-state index in [1.807, 2.05) is 41.8 Å². The van der Waals surface area contributed by atoms with E-state index in [1.165, 1.54) is 0 Å². The fourth-order valence-electron chi connectivity index (χ4n) is 2.52. The number of thioether (sulfide) groups is 1. The van der Waals surface area contributed by atoms with E-state index < -0.39 is 9.84 Å². The number of hydrogen-bond donors (Lipinski definition) is 0. The van der Waals surface area contributed by atoms with Gasteiger partial charge in [-0.3, -0.25) is 4.57 Å². The Morgan fingerprint density at radius 2 is 1.69 bits per heavy atom. The summed E-state index contributed by atoms with van der Waals surface area (Å²) in [7, 11) is -3.50. The molecule has 136 valence electrons. The molecule has 0 saturated carbocycles. The summed E-state index contributed by atoms with van der Waals surface area (Å²) < 4.78 is 27.5. The van der Waals surface area contributed by atoms with E-state index in [4.69, 9.17) is 0 Å². The van der Waals surface area contributed by atoms with Crippen LogP contribution in [0, 0.1) is 6.92 Å². The maximum atomic E-state index is 12.8. The lowest BCUT2D eigenvalue weighted by atomic mass is 10.2. The molecule has 1 aromatic heterocycles. The van der Waals surface area contributed by atoms with E-state index in [0.29, 0.717) is 15.9 Å². The van der Waals surface area contributed by atoms with Crippen LogP contribution in [0.4, 0.5) is 0 Å². The highest BCUT2D eigenvalue weighted by molar-refractivity contribution is 7.99. The van der Waals surface area contributed by atoms with Gasteiger partial charge in [0.2, 0.25) is 0 Å². The van der Waals surface area contributed by atoms with E-state index in [-0.39, 0.29) is 5.75 Å². The molecule has 7 heteroatoms. The second kappa shape index (κ2) is 8.05. The molecular formula is C19H21N3O2S2. The number of para-hydroxylation sites is 1. The summed E-state index contributed by atoms with van der Waals surface area (Å²) in [4.78, 5) is 0.300. The molecule has 0 aliphatic rings. The van der Waals surface area contributed by atoms with E-state index in [9.17, 15) is 8.42 Å². The van der Waals surface area contributed by atoms with Crippen LogP contribution in [0.5, 0.6) is 0 Å². The zero-order valence-corrected chi connectivity index (χ0v) is 16.4. The molecule has 0 fully saturated rings. The number of rotatable bonds is 7. The maximum absolute atomic E-state index is 12.8. The third-order valence-electron chi connectivity index (χ3n) is 3.85. The molecule has 0 N–H and O–H groups in total. The lowest BCUT2D eigenvalue weighted by Crippen LogP contribution is -2.11. The van der Waals surface area contributed by atoms with E-state index >= 15 is 0 Å². The standard InChI is InChI=1S/C19H21N3O2S2/c1-3-13-25-19-21-20-18(22(19)16-7-5-4-6-8-16)14-26(23,24)17-11-9-15(2)10-12-17/h4-12H,3,13-14H2,1-2H3. The summed E-state index contributed by atoms with van der Waals surface area (Å²) in [5.74, 6) is 1.13. The molecule has 0 saturated heterocycles. The van der Waals surface area contributed by atoms with Gasteiger partial charge in [0.1, 0.15) is 5.75 Å². The largest absolute Gasteiger partial charge is 0.273 e. The van der Waals surface area contributed by atoms with Crippen molar-refractivity contribution in [2.45, 2.75) is 36.1 Å². The third kappa shape index (κ3) is 4.16. The van der Waals surface area contributed by atoms with Crippen LogP contribution in [0.3, 0.4) is 0 Å². The van der Waals surface area contributed by atoms with Gasteiger partial charge in [-0.15, -0.1) is 10.2 Å². The Balaban J connectivity index is 1.99. The van der Waals surface area contributed by atoms with Crippen molar-refractivity contribution in [3.8, 4) is 5.69 Å². The van der Waals surface area contributed by atoms with Gasteiger partial charge in [-0.05, 0) is 37.6 Å². The first-order valence-electron chi connectivity index (χ1n) is 8.43. The summed E-state index contributed by atoms with van der Waals surface area (Å²) >= 11 is 1.58. The monoisotopic (exact) mass is 387 g/mol. The molecule has 3 aromatic rings. The molecule has 0 atom stereocenters. The second-order valence-electron chi connectivity index (χ2n) is 5.99. The van der Waals surface area contributed by atoms with Crippen LogP contribution >= 0.6 is 11.8 Å². The Kier molecular flexibility index (Phi) is 5.78. The van der Waals surface area contributed by atoms with Gasteiger partial charge in [0, 0.05) is 11.4 Å². The van der Waals surface area contributed by atoms with Crippen LogP contribution in [0.2, 0.25) is 0 Å². The molecule has 0 unspecified atom stereocenters.